The molecule has 0 spiro atoms. The van der Waals surface area contributed by atoms with Gasteiger partial charge in [-0.25, -0.2) is 4.79 Å². The predicted molar refractivity (Wildman–Crippen MR) is 61.8 cm³/mol. The summed E-state index contributed by atoms with van der Waals surface area (Å²) in [5.41, 5.74) is 0.375. The van der Waals surface area contributed by atoms with Crippen LogP contribution in [0, 0.1) is 12.8 Å². The fourth-order valence-corrected chi connectivity index (χ4v) is 1.52. The summed E-state index contributed by atoms with van der Waals surface area (Å²) in [7, 11) is 0. The van der Waals surface area contributed by atoms with Crippen LogP contribution < -0.4 is 5.32 Å². The molecule has 1 amide bonds. The molecule has 94 valence electrons. The van der Waals surface area contributed by atoms with Crippen molar-refractivity contribution in [2.75, 3.05) is 0 Å². The molecule has 0 saturated carbocycles. The molecule has 1 rings (SSSR count). The average Bonchev–Trinajstić information content (AvgIpc) is 2.70. The second kappa shape index (κ2) is 5.52. The summed E-state index contributed by atoms with van der Waals surface area (Å²) in [5.74, 6) is -1.07. The summed E-state index contributed by atoms with van der Waals surface area (Å²) in [5, 5.41) is 11.6. The minimum absolute atomic E-state index is 0.122. The molecule has 17 heavy (non-hydrogen) atoms. The number of furan rings is 1. The molecular weight excluding hydrogens is 222 g/mol. The van der Waals surface area contributed by atoms with E-state index in [0.29, 0.717) is 17.7 Å². The summed E-state index contributed by atoms with van der Waals surface area (Å²) in [6.45, 7) is 5.34. The lowest BCUT2D eigenvalue weighted by Gasteiger charge is -2.19. The van der Waals surface area contributed by atoms with Crippen molar-refractivity contribution in [2.24, 2.45) is 5.92 Å². The Balaban J connectivity index is 2.78. The van der Waals surface area contributed by atoms with E-state index in [-0.39, 0.29) is 5.92 Å². The highest BCUT2D eigenvalue weighted by Crippen LogP contribution is 2.12. The van der Waals surface area contributed by atoms with Crippen molar-refractivity contribution in [3.05, 3.63) is 23.7 Å². The van der Waals surface area contributed by atoms with Crippen molar-refractivity contribution in [1.82, 2.24) is 5.32 Å². The molecule has 1 aromatic rings. The monoisotopic (exact) mass is 239 g/mol. The van der Waals surface area contributed by atoms with E-state index in [9.17, 15) is 9.59 Å². The Morgan fingerprint density at radius 3 is 2.59 bits per heavy atom. The van der Waals surface area contributed by atoms with E-state index >= 15 is 0 Å². The Kier molecular flexibility index (Phi) is 4.31. The second-order valence-corrected chi connectivity index (χ2v) is 4.07. The molecule has 5 nitrogen and oxygen atoms in total. The molecule has 2 atom stereocenters. The first-order valence-corrected chi connectivity index (χ1v) is 5.55. The Hall–Kier alpha value is -1.78. The fourth-order valence-electron chi connectivity index (χ4n) is 1.52. The zero-order chi connectivity index (χ0) is 13.0. The highest BCUT2D eigenvalue weighted by Gasteiger charge is 2.26. The van der Waals surface area contributed by atoms with Crippen molar-refractivity contribution in [1.29, 1.82) is 0 Å². The van der Waals surface area contributed by atoms with E-state index in [1.54, 1.807) is 13.8 Å². The van der Waals surface area contributed by atoms with Gasteiger partial charge in [-0.05, 0) is 18.9 Å². The van der Waals surface area contributed by atoms with Crippen LogP contribution in [0.1, 0.15) is 36.4 Å². The molecule has 5 heteroatoms. The summed E-state index contributed by atoms with van der Waals surface area (Å²) >= 11 is 0. The van der Waals surface area contributed by atoms with Crippen molar-refractivity contribution in [2.45, 2.75) is 33.2 Å². The van der Waals surface area contributed by atoms with E-state index in [1.807, 2.05) is 6.92 Å². The van der Waals surface area contributed by atoms with E-state index in [0.717, 1.165) is 0 Å². The number of rotatable bonds is 5. The first-order chi connectivity index (χ1) is 7.97. The van der Waals surface area contributed by atoms with Gasteiger partial charge in [0.15, 0.2) is 0 Å². The van der Waals surface area contributed by atoms with Gasteiger partial charge in [0, 0.05) is 0 Å². The van der Waals surface area contributed by atoms with Crippen molar-refractivity contribution >= 4 is 11.9 Å². The van der Waals surface area contributed by atoms with E-state index < -0.39 is 17.9 Å². The number of aliphatic carboxylic acids is 1. The van der Waals surface area contributed by atoms with Gasteiger partial charge in [0.25, 0.3) is 5.91 Å². The predicted octanol–water partition coefficient (Wildman–Crippen LogP) is 1.82. The Morgan fingerprint density at radius 1 is 1.53 bits per heavy atom. The number of carbonyl (C=O) groups excluding carboxylic acids is 1. The molecule has 1 heterocycles. The zero-order valence-corrected chi connectivity index (χ0v) is 10.2. The molecule has 0 aliphatic carbocycles. The number of carbonyl (C=O) groups is 2. The molecule has 0 saturated heterocycles. The van der Waals surface area contributed by atoms with E-state index in [1.165, 1.54) is 12.3 Å². The summed E-state index contributed by atoms with van der Waals surface area (Å²) < 4.78 is 5.01. The SMILES string of the molecule is CC[C@H](C)[C@H](NC(=O)c1ccoc1C)C(=O)O. The van der Waals surface area contributed by atoms with Crippen LogP contribution in [0.5, 0.6) is 0 Å². The molecule has 1 aromatic heterocycles. The molecule has 0 radical (unpaired) electrons. The number of carboxylic acids is 1. The van der Waals surface area contributed by atoms with Crippen LogP contribution in [0.4, 0.5) is 0 Å². The molecule has 0 aromatic carbocycles. The Labute approximate surface area is 99.8 Å². The van der Waals surface area contributed by atoms with Gasteiger partial charge in [-0.1, -0.05) is 20.3 Å². The molecular formula is C12H17NO4. The minimum atomic E-state index is -1.02. The topological polar surface area (TPSA) is 79.5 Å². The molecule has 0 aliphatic heterocycles. The van der Waals surface area contributed by atoms with Gasteiger partial charge < -0.3 is 14.8 Å². The van der Waals surface area contributed by atoms with Gasteiger partial charge in [-0.2, -0.15) is 0 Å². The standard InChI is InChI=1S/C12H17NO4/c1-4-7(2)10(12(15)16)13-11(14)9-5-6-17-8(9)3/h5-7,10H,4H2,1-3H3,(H,13,14)(H,15,16)/t7-,10-/m0/s1. The first-order valence-electron chi connectivity index (χ1n) is 5.55. The van der Waals surface area contributed by atoms with Crippen molar-refractivity contribution in [3.8, 4) is 0 Å². The Morgan fingerprint density at radius 2 is 2.18 bits per heavy atom. The smallest absolute Gasteiger partial charge is 0.326 e. The van der Waals surface area contributed by atoms with Gasteiger partial charge in [-0.3, -0.25) is 4.79 Å². The number of aryl methyl sites for hydroxylation is 1. The quantitative estimate of drug-likeness (QED) is 0.821. The van der Waals surface area contributed by atoms with Crippen LogP contribution in [0.3, 0.4) is 0 Å². The second-order valence-electron chi connectivity index (χ2n) is 4.07. The maximum Gasteiger partial charge on any atom is 0.326 e. The fraction of sp³-hybridized carbons (Fsp3) is 0.500. The number of nitrogens with one attached hydrogen (secondary N) is 1. The molecule has 0 aliphatic rings. The normalized spacial score (nSPS) is 14.1. The van der Waals surface area contributed by atoms with Gasteiger partial charge in [-0.15, -0.1) is 0 Å². The number of hydrogen-bond donors (Lipinski definition) is 2. The molecule has 0 unspecified atom stereocenters. The maximum atomic E-state index is 11.8. The van der Waals surface area contributed by atoms with Crippen LogP contribution in [0.25, 0.3) is 0 Å². The zero-order valence-electron chi connectivity index (χ0n) is 10.2. The summed E-state index contributed by atoms with van der Waals surface area (Å²) in [4.78, 5) is 22.9. The van der Waals surface area contributed by atoms with Crippen LogP contribution >= 0.6 is 0 Å². The summed E-state index contributed by atoms with van der Waals surface area (Å²) in [6, 6.07) is 0.655. The first kappa shape index (κ1) is 13.3. The highest BCUT2D eigenvalue weighted by molar-refractivity contribution is 5.97. The van der Waals surface area contributed by atoms with Crippen LogP contribution in [-0.2, 0) is 4.79 Å². The Bertz CT molecular complexity index is 410. The number of amides is 1. The van der Waals surface area contributed by atoms with Crippen LogP contribution in [0.15, 0.2) is 16.7 Å². The van der Waals surface area contributed by atoms with Gasteiger partial charge in [0.2, 0.25) is 0 Å². The van der Waals surface area contributed by atoms with E-state index in [4.69, 9.17) is 9.52 Å². The van der Waals surface area contributed by atoms with Crippen LogP contribution in [-0.4, -0.2) is 23.0 Å². The summed E-state index contributed by atoms with van der Waals surface area (Å²) in [6.07, 6.45) is 2.09. The van der Waals surface area contributed by atoms with E-state index in [2.05, 4.69) is 5.32 Å². The number of hydrogen-bond acceptors (Lipinski definition) is 3. The molecule has 0 bridgehead atoms. The average molecular weight is 239 g/mol. The van der Waals surface area contributed by atoms with Gasteiger partial charge in [0.05, 0.1) is 11.8 Å². The largest absolute Gasteiger partial charge is 0.480 e. The molecule has 0 fully saturated rings. The molecule has 2 N–H and O–H groups in total. The van der Waals surface area contributed by atoms with Crippen LogP contribution in [0.2, 0.25) is 0 Å². The number of carboxylic acid groups (broad SMARTS) is 1. The lowest BCUT2D eigenvalue weighted by molar-refractivity contribution is -0.140. The minimum Gasteiger partial charge on any atom is -0.480 e. The third-order valence-electron chi connectivity index (χ3n) is 2.87. The van der Waals surface area contributed by atoms with Gasteiger partial charge in [0.1, 0.15) is 11.8 Å². The maximum absolute atomic E-state index is 11.8. The lowest BCUT2D eigenvalue weighted by atomic mass is 9.99. The van der Waals surface area contributed by atoms with Crippen molar-refractivity contribution in [3.63, 3.8) is 0 Å². The highest BCUT2D eigenvalue weighted by atomic mass is 16.4. The third kappa shape index (κ3) is 3.09. The van der Waals surface area contributed by atoms with Crippen molar-refractivity contribution < 1.29 is 19.1 Å². The third-order valence-corrected chi connectivity index (χ3v) is 2.87. The lowest BCUT2D eigenvalue weighted by Crippen LogP contribution is -2.45. The van der Waals surface area contributed by atoms with Gasteiger partial charge >= 0.3 is 5.97 Å².